The van der Waals surface area contributed by atoms with Crippen LogP contribution >= 0.6 is 24.8 Å². The molecule has 2 atom stereocenters. The molecule has 0 saturated carbocycles. The van der Waals surface area contributed by atoms with Crippen molar-refractivity contribution in [1.29, 1.82) is 0 Å². The predicted octanol–water partition coefficient (Wildman–Crippen LogP) is 1.55. The molecule has 0 radical (unpaired) electrons. The van der Waals surface area contributed by atoms with Crippen LogP contribution in [0.2, 0.25) is 0 Å². The molecule has 3 rings (SSSR count). The number of amides is 1. The number of nitrogens with one attached hydrogen (secondary N) is 2. The van der Waals surface area contributed by atoms with Crippen LogP contribution in [0.25, 0.3) is 0 Å². The van der Waals surface area contributed by atoms with Gasteiger partial charge in [0.15, 0.2) is 0 Å². The van der Waals surface area contributed by atoms with Crippen LogP contribution < -0.4 is 15.5 Å². The molecule has 2 unspecified atom stereocenters. The zero-order valence-corrected chi connectivity index (χ0v) is 17.0. The third-order valence-corrected chi connectivity index (χ3v) is 5.13. The molecule has 1 aromatic heterocycles. The standard InChI is InChI=1S/C18H29N5O.2ClH/c1-15-14-19-8-5-16(15)21-18(24)6-9-22-10-12-23(13-11-22)17-4-2-3-7-20-17;;/h2-4,7,15-16,19H,5-6,8-14H2,1H3,(H,21,24);2*1H. The van der Waals surface area contributed by atoms with E-state index >= 15 is 0 Å². The van der Waals surface area contributed by atoms with E-state index in [0.29, 0.717) is 18.4 Å². The van der Waals surface area contributed by atoms with Gasteiger partial charge in [0.05, 0.1) is 0 Å². The Labute approximate surface area is 168 Å². The van der Waals surface area contributed by atoms with Crippen LogP contribution in [0.5, 0.6) is 0 Å². The van der Waals surface area contributed by atoms with Gasteiger partial charge in [-0.3, -0.25) is 9.69 Å². The van der Waals surface area contributed by atoms with E-state index in [0.717, 1.165) is 58.1 Å². The van der Waals surface area contributed by atoms with Crippen LogP contribution in [0.15, 0.2) is 24.4 Å². The van der Waals surface area contributed by atoms with Crippen LogP contribution in [-0.4, -0.2) is 67.6 Å². The second kappa shape index (κ2) is 11.6. The van der Waals surface area contributed by atoms with Gasteiger partial charge in [0, 0.05) is 51.4 Å². The van der Waals surface area contributed by atoms with E-state index in [9.17, 15) is 4.79 Å². The number of nitrogens with zero attached hydrogens (tertiary/aromatic N) is 3. The summed E-state index contributed by atoms with van der Waals surface area (Å²) in [6.45, 7) is 9.00. The van der Waals surface area contributed by atoms with Gasteiger partial charge in [0.25, 0.3) is 0 Å². The monoisotopic (exact) mass is 403 g/mol. The number of pyridine rings is 1. The molecule has 8 heteroatoms. The van der Waals surface area contributed by atoms with Crippen molar-refractivity contribution < 1.29 is 4.79 Å². The summed E-state index contributed by atoms with van der Waals surface area (Å²) in [5.74, 6) is 1.76. The fraction of sp³-hybridized carbons (Fsp3) is 0.667. The van der Waals surface area contributed by atoms with Crippen molar-refractivity contribution in [2.75, 3.05) is 50.7 Å². The second-order valence-electron chi connectivity index (χ2n) is 6.91. The SMILES string of the molecule is CC1CNCCC1NC(=O)CCN1CCN(c2ccccn2)CC1.Cl.Cl. The average Bonchev–Trinajstić information content (AvgIpc) is 2.63. The Morgan fingerprint density at radius 1 is 1.27 bits per heavy atom. The van der Waals surface area contributed by atoms with Gasteiger partial charge >= 0.3 is 0 Å². The van der Waals surface area contributed by atoms with E-state index in [-0.39, 0.29) is 30.7 Å². The topological polar surface area (TPSA) is 60.5 Å². The minimum absolute atomic E-state index is 0. The normalized spacial score (nSPS) is 23.5. The number of carbonyl (C=O) groups is 1. The van der Waals surface area contributed by atoms with Crippen LogP contribution in [0, 0.1) is 5.92 Å². The van der Waals surface area contributed by atoms with E-state index in [2.05, 4.69) is 38.4 Å². The highest BCUT2D eigenvalue weighted by atomic mass is 35.5. The maximum atomic E-state index is 12.2. The van der Waals surface area contributed by atoms with Gasteiger partial charge in [0.1, 0.15) is 5.82 Å². The van der Waals surface area contributed by atoms with Gasteiger partial charge < -0.3 is 15.5 Å². The largest absolute Gasteiger partial charge is 0.354 e. The number of hydrogen-bond acceptors (Lipinski definition) is 5. The number of piperazine rings is 1. The molecule has 0 aliphatic carbocycles. The van der Waals surface area contributed by atoms with Crippen molar-refractivity contribution in [3.05, 3.63) is 24.4 Å². The molecule has 26 heavy (non-hydrogen) atoms. The summed E-state index contributed by atoms with van der Waals surface area (Å²) in [6.07, 6.45) is 3.48. The summed E-state index contributed by atoms with van der Waals surface area (Å²) in [7, 11) is 0. The van der Waals surface area contributed by atoms with Gasteiger partial charge in [-0.2, -0.15) is 0 Å². The predicted molar refractivity (Wildman–Crippen MR) is 111 cm³/mol. The van der Waals surface area contributed by atoms with Gasteiger partial charge in [0.2, 0.25) is 5.91 Å². The number of hydrogen-bond donors (Lipinski definition) is 2. The molecule has 0 bridgehead atoms. The zero-order chi connectivity index (χ0) is 16.8. The Hall–Kier alpha value is -1.08. The van der Waals surface area contributed by atoms with E-state index in [1.54, 1.807) is 0 Å². The van der Waals surface area contributed by atoms with Crippen molar-refractivity contribution in [2.45, 2.75) is 25.8 Å². The van der Waals surface area contributed by atoms with Crippen LogP contribution in [0.1, 0.15) is 19.8 Å². The summed E-state index contributed by atoms with van der Waals surface area (Å²) < 4.78 is 0. The minimum atomic E-state index is 0. The third-order valence-electron chi connectivity index (χ3n) is 5.13. The molecule has 2 fully saturated rings. The maximum absolute atomic E-state index is 12.2. The Morgan fingerprint density at radius 2 is 2.04 bits per heavy atom. The maximum Gasteiger partial charge on any atom is 0.221 e. The van der Waals surface area contributed by atoms with Gasteiger partial charge in [-0.15, -0.1) is 24.8 Å². The van der Waals surface area contributed by atoms with E-state index in [4.69, 9.17) is 0 Å². The first-order valence-corrected chi connectivity index (χ1v) is 9.11. The zero-order valence-electron chi connectivity index (χ0n) is 15.4. The molecule has 1 amide bonds. The first kappa shape index (κ1) is 23.0. The van der Waals surface area contributed by atoms with E-state index in [1.807, 2.05) is 18.3 Å². The van der Waals surface area contributed by atoms with Crippen molar-refractivity contribution in [1.82, 2.24) is 20.5 Å². The van der Waals surface area contributed by atoms with Gasteiger partial charge in [-0.1, -0.05) is 13.0 Å². The third kappa shape index (κ3) is 6.58. The molecular formula is C18H31Cl2N5O. The molecule has 2 N–H and O–H groups in total. The molecule has 2 saturated heterocycles. The van der Waals surface area contributed by atoms with Crippen LogP contribution in [-0.2, 0) is 4.79 Å². The lowest BCUT2D eigenvalue weighted by molar-refractivity contribution is -0.122. The van der Waals surface area contributed by atoms with Gasteiger partial charge in [-0.05, 0) is 37.6 Å². The van der Waals surface area contributed by atoms with E-state index in [1.165, 1.54) is 0 Å². The molecule has 0 spiro atoms. The summed E-state index contributed by atoms with van der Waals surface area (Å²) >= 11 is 0. The van der Waals surface area contributed by atoms with Crippen molar-refractivity contribution in [2.24, 2.45) is 5.92 Å². The Bertz CT molecular complexity index is 526. The van der Waals surface area contributed by atoms with Crippen molar-refractivity contribution >= 4 is 36.5 Å². The Morgan fingerprint density at radius 3 is 2.69 bits per heavy atom. The molecule has 6 nitrogen and oxygen atoms in total. The summed E-state index contributed by atoms with van der Waals surface area (Å²) in [5, 5.41) is 6.59. The lowest BCUT2D eigenvalue weighted by atomic mass is 9.95. The average molecular weight is 404 g/mol. The fourth-order valence-corrected chi connectivity index (χ4v) is 3.51. The highest BCUT2D eigenvalue weighted by Gasteiger charge is 2.23. The van der Waals surface area contributed by atoms with Gasteiger partial charge in [-0.25, -0.2) is 4.98 Å². The molecule has 2 aliphatic heterocycles. The van der Waals surface area contributed by atoms with Crippen molar-refractivity contribution in [3.8, 4) is 0 Å². The smallest absolute Gasteiger partial charge is 0.221 e. The summed E-state index contributed by atoms with van der Waals surface area (Å²) in [5.41, 5.74) is 0. The number of rotatable bonds is 5. The highest BCUT2D eigenvalue weighted by Crippen LogP contribution is 2.13. The molecule has 3 heterocycles. The number of carbonyl (C=O) groups excluding carboxylic acids is 1. The van der Waals surface area contributed by atoms with Crippen molar-refractivity contribution in [3.63, 3.8) is 0 Å². The lowest BCUT2D eigenvalue weighted by Gasteiger charge is -2.35. The van der Waals surface area contributed by atoms with E-state index < -0.39 is 0 Å². The molecule has 0 aromatic carbocycles. The first-order valence-electron chi connectivity index (χ1n) is 9.11. The Balaban J connectivity index is 0.00000169. The fourth-order valence-electron chi connectivity index (χ4n) is 3.51. The van der Waals surface area contributed by atoms with Crippen LogP contribution in [0.4, 0.5) is 5.82 Å². The molecule has 2 aliphatic rings. The van der Waals surface area contributed by atoms with Crippen LogP contribution in [0.3, 0.4) is 0 Å². The molecule has 148 valence electrons. The number of aromatic nitrogens is 1. The first-order chi connectivity index (χ1) is 11.7. The second-order valence-corrected chi connectivity index (χ2v) is 6.91. The number of piperidine rings is 1. The minimum Gasteiger partial charge on any atom is -0.354 e. The molecule has 1 aromatic rings. The summed E-state index contributed by atoms with van der Waals surface area (Å²) in [6, 6.07) is 6.37. The lowest BCUT2D eigenvalue weighted by Crippen LogP contribution is -2.50. The number of anilines is 1. The molecular weight excluding hydrogens is 373 g/mol. The summed E-state index contributed by atoms with van der Waals surface area (Å²) in [4.78, 5) is 21.3. The number of halogens is 2. The quantitative estimate of drug-likeness (QED) is 0.780. The highest BCUT2D eigenvalue weighted by molar-refractivity contribution is 5.85. The Kier molecular flexibility index (Phi) is 10.2.